The van der Waals surface area contributed by atoms with Crippen LogP contribution in [0.15, 0.2) is 23.4 Å². The SMILES string of the molecule is CCC1CCCCN1C(=O)CSc1nnc2c(C)cc3cc(C)c(C)cc3n12. The summed E-state index contributed by atoms with van der Waals surface area (Å²) in [5, 5.41) is 10.8. The van der Waals surface area contributed by atoms with Gasteiger partial charge >= 0.3 is 0 Å². The number of nitrogens with zero attached hydrogens (tertiary/aromatic N) is 4. The zero-order chi connectivity index (χ0) is 19.8. The van der Waals surface area contributed by atoms with Crippen LogP contribution in [0.1, 0.15) is 49.3 Å². The molecule has 0 spiro atoms. The Morgan fingerprint density at radius 1 is 1.11 bits per heavy atom. The van der Waals surface area contributed by atoms with Gasteiger partial charge in [0.1, 0.15) is 0 Å². The maximum atomic E-state index is 12.9. The summed E-state index contributed by atoms with van der Waals surface area (Å²) in [5.41, 5.74) is 5.60. The van der Waals surface area contributed by atoms with Crippen molar-refractivity contribution < 1.29 is 4.79 Å². The number of likely N-dealkylation sites (tertiary alicyclic amines) is 1. The highest BCUT2D eigenvalue weighted by atomic mass is 32.2. The van der Waals surface area contributed by atoms with Gasteiger partial charge in [0, 0.05) is 12.6 Å². The standard InChI is InChI=1S/C22H28N4OS/c1-5-18-8-6-7-9-25(18)20(27)13-28-22-24-23-21-16(4)11-17-10-14(2)15(3)12-19(17)26(21)22/h10-12,18H,5-9,13H2,1-4H3. The molecule has 1 aromatic carbocycles. The van der Waals surface area contributed by atoms with Crippen LogP contribution in [0.3, 0.4) is 0 Å². The van der Waals surface area contributed by atoms with E-state index in [0.717, 1.165) is 47.7 Å². The zero-order valence-corrected chi connectivity index (χ0v) is 18.0. The predicted molar refractivity (Wildman–Crippen MR) is 115 cm³/mol. The lowest BCUT2D eigenvalue weighted by Crippen LogP contribution is -2.44. The lowest BCUT2D eigenvalue weighted by atomic mass is 10.0. The number of aromatic nitrogens is 3. The van der Waals surface area contributed by atoms with Gasteiger partial charge in [0.15, 0.2) is 10.8 Å². The van der Waals surface area contributed by atoms with E-state index in [-0.39, 0.29) is 5.91 Å². The Hall–Kier alpha value is -2.08. The number of aryl methyl sites for hydroxylation is 3. The van der Waals surface area contributed by atoms with Crippen LogP contribution in [0.2, 0.25) is 0 Å². The molecule has 3 heterocycles. The third-order valence-electron chi connectivity index (χ3n) is 5.99. The number of hydrogen-bond acceptors (Lipinski definition) is 4. The highest BCUT2D eigenvalue weighted by Gasteiger charge is 2.25. The van der Waals surface area contributed by atoms with Crippen LogP contribution >= 0.6 is 11.8 Å². The molecule has 0 radical (unpaired) electrons. The highest BCUT2D eigenvalue weighted by molar-refractivity contribution is 7.99. The van der Waals surface area contributed by atoms with Gasteiger partial charge in [-0.3, -0.25) is 9.20 Å². The third kappa shape index (κ3) is 3.39. The van der Waals surface area contributed by atoms with Gasteiger partial charge in [-0.05, 0) is 86.7 Å². The van der Waals surface area contributed by atoms with E-state index in [1.165, 1.54) is 34.7 Å². The fraction of sp³-hybridized carbons (Fsp3) is 0.500. The third-order valence-corrected chi connectivity index (χ3v) is 6.90. The Balaban J connectivity index is 1.66. The van der Waals surface area contributed by atoms with Crippen LogP contribution in [0.5, 0.6) is 0 Å². The monoisotopic (exact) mass is 396 g/mol. The normalized spacial score (nSPS) is 17.6. The maximum Gasteiger partial charge on any atom is 0.233 e. The molecule has 0 bridgehead atoms. The Bertz CT molecular complexity index is 1040. The second-order valence-corrected chi connectivity index (χ2v) is 8.84. The van der Waals surface area contributed by atoms with Crippen molar-refractivity contribution in [2.24, 2.45) is 0 Å². The lowest BCUT2D eigenvalue weighted by molar-refractivity contribution is -0.132. The molecule has 148 valence electrons. The quantitative estimate of drug-likeness (QED) is 0.600. The minimum atomic E-state index is 0.220. The van der Waals surface area contributed by atoms with E-state index in [4.69, 9.17) is 0 Å². The molecule has 5 nitrogen and oxygen atoms in total. The number of fused-ring (bicyclic) bond motifs is 3. The first-order valence-electron chi connectivity index (χ1n) is 10.2. The molecule has 28 heavy (non-hydrogen) atoms. The summed E-state index contributed by atoms with van der Waals surface area (Å²) in [7, 11) is 0. The van der Waals surface area contributed by atoms with Crippen LogP contribution in [0.4, 0.5) is 0 Å². The van der Waals surface area contributed by atoms with Crippen molar-refractivity contribution in [3.8, 4) is 0 Å². The van der Waals surface area contributed by atoms with Gasteiger partial charge in [0.25, 0.3) is 0 Å². The number of hydrogen-bond donors (Lipinski definition) is 0. The van der Waals surface area contributed by atoms with E-state index in [9.17, 15) is 4.79 Å². The van der Waals surface area contributed by atoms with Gasteiger partial charge in [-0.2, -0.15) is 0 Å². The summed E-state index contributed by atoms with van der Waals surface area (Å²) >= 11 is 1.50. The number of benzene rings is 1. The minimum absolute atomic E-state index is 0.220. The van der Waals surface area contributed by atoms with Crippen molar-refractivity contribution in [3.05, 3.63) is 34.9 Å². The Morgan fingerprint density at radius 2 is 1.86 bits per heavy atom. The number of carbonyl (C=O) groups excluding carboxylic acids is 1. The average molecular weight is 397 g/mol. The molecule has 1 aliphatic rings. The van der Waals surface area contributed by atoms with E-state index >= 15 is 0 Å². The molecule has 1 unspecified atom stereocenters. The Morgan fingerprint density at radius 3 is 2.64 bits per heavy atom. The number of piperidine rings is 1. The van der Waals surface area contributed by atoms with E-state index in [1.807, 2.05) is 0 Å². The van der Waals surface area contributed by atoms with E-state index in [1.54, 1.807) is 0 Å². The first-order chi connectivity index (χ1) is 13.5. The maximum absolute atomic E-state index is 12.9. The molecule has 3 aromatic rings. The van der Waals surface area contributed by atoms with Gasteiger partial charge in [-0.25, -0.2) is 0 Å². The van der Waals surface area contributed by atoms with Crippen molar-refractivity contribution in [2.75, 3.05) is 12.3 Å². The molecule has 1 fully saturated rings. The molecule has 1 amide bonds. The second kappa shape index (κ2) is 7.74. The number of pyridine rings is 1. The summed E-state index contributed by atoms with van der Waals surface area (Å²) in [5.74, 6) is 0.634. The van der Waals surface area contributed by atoms with Gasteiger partial charge in [-0.15, -0.1) is 10.2 Å². The van der Waals surface area contributed by atoms with Gasteiger partial charge < -0.3 is 4.90 Å². The first kappa shape index (κ1) is 19.2. The molecular weight excluding hydrogens is 368 g/mol. The van der Waals surface area contributed by atoms with Crippen LogP contribution in [-0.4, -0.2) is 43.7 Å². The zero-order valence-electron chi connectivity index (χ0n) is 17.2. The number of rotatable bonds is 4. The van der Waals surface area contributed by atoms with Gasteiger partial charge in [-0.1, -0.05) is 18.7 Å². The van der Waals surface area contributed by atoms with Gasteiger partial charge in [0.2, 0.25) is 5.91 Å². The van der Waals surface area contributed by atoms with E-state index in [2.05, 4.69) is 65.4 Å². The van der Waals surface area contributed by atoms with Crippen LogP contribution < -0.4 is 0 Å². The summed E-state index contributed by atoms with van der Waals surface area (Å²) in [6, 6.07) is 6.98. The molecule has 6 heteroatoms. The summed E-state index contributed by atoms with van der Waals surface area (Å²) in [6.45, 7) is 9.39. The van der Waals surface area contributed by atoms with E-state index < -0.39 is 0 Å². The summed E-state index contributed by atoms with van der Waals surface area (Å²) in [4.78, 5) is 15.0. The second-order valence-electron chi connectivity index (χ2n) is 7.90. The van der Waals surface area contributed by atoms with Crippen molar-refractivity contribution in [1.29, 1.82) is 0 Å². The molecule has 1 aliphatic heterocycles. The van der Waals surface area contributed by atoms with Crippen LogP contribution in [0.25, 0.3) is 16.6 Å². The number of amides is 1. The fourth-order valence-electron chi connectivity index (χ4n) is 4.23. The molecule has 0 saturated carbocycles. The summed E-state index contributed by atoms with van der Waals surface area (Å²) in [6.07, 6.45) is 4.51. The number of carbonyl (C=O) groups is 1. The molecule has 2 aromatic heterocycles. The average Bonchev–Trinajstić information content (AvgIpc) is 3.12. The lowest BCUT2D eigenvalue weighted by Gasteiger charge is -2.35. The van der Waals surface area contributed by atoms with E-state index in [0.29, 0.717) is 11.8 Å². The molecule has 0 N–H and O–H groups in total. The largest absolute Gasteiger partial charge is 0.339 e. The van der Waals surface area contributed by atoms with Crippen LogP contribution in [0, 0.1) is 20.8 Å². The predicted octanol–water partition coefficient (Wildman–Crippen LogP) is 4.69. The minimum Gasteiger partial charge on any atom is -0.339 e. The Labute approximate surface area is 170 Å². The molecule has 0 aliphatic carbocycles. The van der Waals surface area contributed by atoms with Crippen molar-refractivity contribution >= 4 is 34.2 Å². The molecular formula is C22H28N4OS. The molecule has 1 atom stereocenters. The van der Waals surface area contributed by atoms with Crippen molar-refractivity contribution in [2.45, 2.75) is 64.6 Å². The van der Waals surface area contributed by atoms with Crippen molar-refractivity contribution in [1.82, 2.24) is 19.5 Å². The summed E-state index contributed by atoms with van der Waals surface area (Å²) < 4.78 is 2.11. The first-order valence-corrected chi connectivity index (χ1v) is 11.2. The highest BCUT2D eigenvalue weighted by Crippen LogP contribution is 2.28. The topological polar surface area (TPSA) is 50.5 Å². The molecule has 1 saturated heterocycles. The van der Waals surface area contributed by atoms with Crippen LogP contribution in [-0.2, 0) is 4.79 Å². The smallest absolute Gasteiger partial charge is 0.233 e. The Kier molecular flexibility index (Phi) is 5.32. The molecule has 4 rings (SSSR count). The fourth-order valence-corrected chi connectivity index (χ4v) is 5.06. The number of thioether (sulfide) groups is 1. The van der Waals surface area contributed by atoms with Gasteiger partial charge in [0.05, 0.1) is 11.3 Å². The van der Waals surface area contributed by atoms with Crippen molar-refractivity contribution in [3.63, 3.8) is 0 Å².